The normalized spacial score (nSPS) is 17.7. The third-order valence-electron chi connectivity index (χ3n) is 5.92. The van der Waals surface area contributed by atoms with Gasteiger partial charge in [-0.15, -0.1) is 0 Å². The zero-order valence-electron chi connectivity index (χ0n) is 18.0. The highest BCUT2D eigenvalue weighted by molar-refractivity contribution is 6.33. The molecule has 30 heavy (non-hydrogen) atoms. The van der Waals surface area contributed by atoms with Crippen LogP contribution in [0.4, 0.5) is 11.5 Å². The maximum Gasteiger partial charge on any atom is 0.126 e. The van der Waals surface area contributed by atoms with Crippen LogP contribution in [-0.4, -0.2) is 37.8 Å². The SMILES string of the molecule is CN.Clc1cnc(NC2CCCCC2)cc1-c1cccc(NCC2CCOCC2)c1. The van der Waals surface area contributed by atoms with Gasteiger partial charge < -0.3 is 21.1 Å². The van der Waals surface area contributed by atoms with Gasteiger partial charge in [0.2, 0.25) is 0 Å². The first kappa shape index (κ1) is 22.9. The van der Waals surface area contributed by atoms with Gasteiger partial charge in [-0.2, -0.15) is 0 Å². The van der Waals surface area contributed by atoms with Crippen molar-refractivity contribution in [1.82, 2.24) is 4.98 Å². The molecule has 4 N–H and O–H groups in total. The van der Waals surface area contributed by atoms with Crippen molar-refractivity contribution in [2.24, 2.45) is 11.7 Å². The summed E-state index contributed by atoms with van der Waals surface area (Å²) in [6, 6.07) is 11.1. The Morgan fingerprint density at radius 2 is 1.83 bits per heavy atom. The number of benzene rings is 1. The van der Waals surface area contributed by atoms with E-state index in [-0.39, 0.29) is 0 Å². The number of rotatable bonds is 6. The van der Waals surface area contributed by atoms with E-state index in [1.165, 1.54) is 39.2 Å². The highest BCUT2D eigenvalue weighted by Gasteiger charge is 2.15. The minimum atomic E-state index is 0.530. The summed E-state index contributed by atoms with van der Waals surface area (Å²) >= 11 is 6.50. The fourth-order valence-electron chi connectivity index (χ4n) is 4.20. The maximum absolute atomic E-state index is 6.50. The fraction of sp³-hybridized carbons (Fsp3) is 0.542. The molecule has 1 aliphatic carbocycles. The molecule has 0 atom stereocenters. The van der Waals surface area contributed by atoms with Crippen molar-refractivity contribution in [3.05, 3.63) is 41.6 Å². The number of nitrogens with two attached hydrogens (primary N) is 1. The average molecular weight is 431 g/mol. The van der Waals surface area contributed by atoms with E-state index in [2.05, 4.69) is 51.7 Å². The molecule has 0 spiro atoms. The van der Waals surface area contributed by atoms with Crippen LogP contribution in [-0.2, 0) is 4.74 Å². The molecular formula is C24H35ClN4O. The van der Waals surface area contributed by atoms with E-state index in [1.54, 1.807) is 6.20 Å². The lowest BCUT2D eigenvalue weighted by Gasteiger charge is -2.23. The van der Waals surface area contributed by atoms with Crippen LogP contribution in [0.5, 0.6) is 0 Å². The maximum atomic E-state index is 6.50. The van der Waals surface area contributed by atoms with Crippen molar-refractivity contribution in [1.29, 1.82) is 0 Å². The number of aromatic nitrogens is 1. The molecule has 5 nitrogen and oxygen atoms in total. The van der Waals surface area contributed by atoms with Crippen LogP contribution in [0.15, 0.2) is 36.5 Å². The smallest absolute Gasteiger partial charge is 0.126 e. The fourth-order valence-corrected chi connectivity index (χ4v) is 4.42. The van der Waals surface area contributed by atoms with Gasteiger partial charge in [0.25, 0.3) is 0 Å². The molecule has 2 aliphatic rings. The van der Waals surface area contributed by atoms with E-state index in [0.717, 1.165) is 55.2 Å². The molecule has 0 radical (unpaired) electrons. The van der Waals surface area contributed by atoms with E-state index in [4.69, 9.17) is 16.3 Å². The number of halogens is 1. The van der Waals surface area contributed by atoms with E-state index in [1.807, 2.05) is 0 Å². The van der Waals surface area contributed by atoms with Crippen LogP contribution in [0.2, 0.25) is 5.02 Å². The van der Waals surface area contributed by atoms with Crippen LogP contribution in [0.25, 0.3) is 11.1 Å². The summed E-state index contributed by atoms with van der Waals surface area (Å²) in [5, 5.41) is 7.89. The lowest BCUT2D eigenvalue weighted by Crippen LogP contribution is -2.22. The Kier molecular flexibility index (Phi) is 9.25. The summed E-state index contributed by atoms with van der Waals surface area (Å²) in [4.78, 5) is 4.51. The second-order valence-electron chi connectivity index (χ2n) is 8.05. The third-order valence-corrected chi connectivity index (χ3v) is 6.22. The number of pyridine rings is 1. The molecule has 2 fully saturated rings. The second-order valence-corrected chi connectivity index (χ2v) is 8.45. The Labute approximate surface area is 185 Å². The van der Waals surface area contributed by atoms with Gasteiger partial charge >= 0.3 is 0 Å². The lowest BCUT2D eigenvalue weighted by atomic mass is 9.95. The highest BCUT2D eigenvalue weighted by atomic mass is 35.5. The molecule has 0 bridgehead atoms. The Hall–Kier alpha value is -1.82. The summed E-state index contributed by atoms with van der Waals surface area (Å²) in [7, 11) is 1.50. The number of nitrogens with one attached hydrogen (secondary N) is 2. The molecule has 4 rings (SSSR count). The number of anilines is 2. The van der Waals surface area contributed by atoms with Crippen molar-refractivity contribution in [3.63, 3.8) is 0 Å². The van der Waals surface area contributed by atoms with Gasteiger partial charge in [0, 0.05) is 43.2 Å². The summed E-state index contributed by atoms with van der Waals surface area (Å²) < 4.78 is 5.45. The van der Waals surface area contributed by atoms with E-state index >= 15 is 0 Å². The molecule has 0 amide bonds. The van der Waals surface area contributed by atoms with E-state index in [0.29, 0.717) is 17.0 Å². The highest BCUT2D eigenvalue weighted by Crippen LogP contribution is 2.32. The largest absolute Gasteiger partial charge is 0.385 e. The minimum Gasteiger partial charge on any atom is -0.385 e. The molecule has 1 saturated carbocycles. The van der Waals surface area contributed by atoms with Crippen molar-refractivity contribution >= 4 is 23.1 Å². The third kappa shape index (κ3) is 6.59. The first-order valence-corrected chi connectivity index (χ1v) is 11.6. The molecule has 1 aromatic carbocycles. The predicted octanol–water partition coefficient (Wildman–Crippen LogP) is 5.56. The molecule has 0 unspecified atom stereocenters. The predicted molar refractivity (Wildman–Crippen MR) is 127 cm³/mol. The van der Waals surface area contributed by atoms with Crippen molar-refractivity contribution in [2.75, 3.05) is 37.4 Å². The summed E-state index contributed by atoms with van der Waals surface area (Å²) in [6.45, 7) is 2.76. The number of ether oxygens (including phenoxy) is 1. The van der Waals surface area contributed by atoms with Gasteiger partial charge in [-0.05, 0) is 62.4 Å². The Morgan fingerprint density at radius 1 is 1.07 bits per heavy atom. The molecule has 1 aliphatic heterocycles. The Bertz CT molecular complexity index is 774. The molecule has 2 aromatic rings. The molecule has 6 heteroatoms. The number of hydrogen-bond donors (Lipinski definition) is 3. The molecule has 164 valence electrons. The average Bonchev–Trinajstić information content (AvgIpc) is 2.82. The quantitative estimate of drug-likeness (QED) is 0.559. The summed E-state index contributed by atoms with van der Waals surface area (Å²) in [6.07, 6.45) is 10.5. The van der Waals surface area contributed by atoms with Crippen molar-refractivity contribution in [3.8, 4) is 11.1 Å². The van der Waals surface area contributed by atoms with Crippen LogP contribution < -0.4 is 16.4 Å². The topological polar surface area (TPSA) is 72.2 Å². The first-order valence-electron chi connectivity index (χ1n) is 11.2. The molecule has 2 heterocycles. The molecule has 1 saturated heterocycles. The first-order chi connectivity index (χ1) is 14.8. The minimum absolute atomic E-state index is 0.530. The van der Waals surface area contributed by atoms with Crippen molar-refractivity contribution in [2.45, 2.75) is 51.0 Å². The monoisotopic (exact) mass is 430 g/mol. The van der Waals surface area contributed by atoms with Crippen LogP contribution in [0, 0.1) is 5.92 Å². The van der Waals surface area contributed by atoms with Crippen LogP contribution in [0.1, 0.15) is 44.9 Å². The summed E-state index contributed by atoms with van der Waals surface area (Å²) in [5.41, 5.74) is 7.79. The van der Waals surface area contributed by atoms with Gasteiger partial charge in [-0.25, -0.2) is 4.98 Å². The number of nitrogens with zero attached hydrogens (tertiary/aromatic N) is 1. The van der Waals surface area contributed by atoms with E-state index in [9.17, 15) is 0 Å². The lowest BCUT2D eigenvalue weighted by molar-refractivity contribution is 0.0699. The molecule has 1 aromatic heterocycles. The zero-order valence-corrected chi connectivity index (χ0v) is 18.8. The zero-order chi connectivity index (χ0) is 21.2. The molecular weight excluding hydrogens is 396 g/mol. The van der Waals surface area contributed by atoms with Crippen LogP contribution in [0.3, 0.4) is 0 Å². The second kappa shape index (κ2) is 12.1. The van der Waals surface area contributed by atoms with Gasteiger partial charge in [-0.1, -0.05) is 43.0 Å². The standard InChI is InChI=1S/C23H30ClN3O.CH5N/c24-22-16-26-23(27-19-6-2-1-3-7-19)14-21(22)18-5-4-8-20(13-18)25-15-17-9-11-28-12-10-17;1-2/h4-5,8,13-14,16-17,19,25H,1-3,6-7,9-12,15H2,(H,26,27);2H2,1H3. The van der Waals surface area contributed by atoms with Crippen LogP contribution >= 0.6 is 11.6 Å². The summed E-state index contributed by atoms with van der Waals surface area (Å²) in [5.74, 6) is 1.61. The Morgan fingerprint density at radius 3 is 2.60 bits per heavy atom. The van der Waals surface area contributed by atoms with E-state index < -0.39 is 0 Å². The van der Waals surface area contributed by atoms with Gasteiger partial charge in [0.1, 0.15) is 5.82 Å². The van der Waals surface area contributed by atoms with Crippen molar-refractivity contribution < 1.29 is 4.74 Å². The number of hydrogen-bond acceptors (Lipinski definition) is 5. The Balaban J connectivity index is 0.00000124. The van der Waals surface area contributed by atoms with Gasteiger partial charge in [-0.3, -0.25) is 0 Å². The van der Waals surface area contributed by atoms with Gasteiger partial charge in [0.05, 0.1) is 5.02 Å². The van der Waals surface area contributed by atoms with Gasteiger partial charge in [0.15, 0.2) is 0 Å².